The summed E-state index contributed by atoms with van der Waals surface area (Å²) in [5.41, 5.74) is -0.961. The van der Waals surface area contributed by atoms with Crippen molar-refractivity contribution in [3.8, 4) is 6.01 Å². The number of hydrogen-bond donors (Lipinski definition) is 0. The summed E-state index contributed by atoms with van der Waals surface area (Å²) >= 11 is 3.23. The average molecular weight is 863 g/mol. The number of amides is 1. The van der Waals surface area contributed by atoms with Crippen molar-refractivity contribution in [1.82, 2.24) is 19.8 Å². The molecule has 3 aromatic carbocycles. The fourth-order valence-corrected chi connectivity index (χ4v) is 15.1. The molecule has 4 aromatic rings. The molecule has 0 saturated carbocycles. The molecule has 3 atom stereocenters. The number of halogens is 3. The molecule has 1 aromatic heterocycles. The Kier molecular flexibility index (Phi) is 10.7. The Hall–Kier alpha value is -3.65. The van der Waals surface area contributed by atoms with Gasteiger partial charge >= 0.3 is 12.1 Å². The quantitative estimate of drug-likeness (QED) is 0.123. The molecule has 1 unspecified atom stereocenters. The van der Waals surface area contributed by atoms with Gasteiger partial charge in [0.05, 0.1) is 40.1 Å². The number of piperazine rings is 1. The molecule has 1 amide bonds. The molecule has 0 N–H and O–H groups in total. The van der Waals surface area contributed by atoms with Gasteiger partial charge in [0.1, 0.15) is 29.4 Å². The number of ether oxygens (including phenoxy) is 2. The minimum absolute atomic E-state index is 0.00981. The number of anilines is 1. The van der Waals surface area contributed by atoms with E-state index in [0.717, 1.165) is 55.2 Å². The SMILES string of the molecule is CC(C)(C)OC(=O)N1[C@H]2CC[C@@H]1C(CO[Si](c1ccccc1)(c1ccccc1)C(C)(C)C)N(c1nc(OCC34CCCN3CCC4)nc3c(F)c(Br)cc(F)c13)C2. The molecule has 57 heavy (non-hydrogen) atoms. The van der Waals surface area contributed by atoms with Crippen molar-refractivity contribution < 1.29 is 27.5 Å². The molecular formula is C44H54BrF2N5O4Si. The molecule has 4 saturated heterocycles. The van der Waals surface area contributed by atoms with Crippen LogP contribution in [0.1, 0.15) is 80.1 Å². The second kappa shape index (κ2) is 15.2. The summed E-state index contributed by atoms with van der Waals surface area (Å²) in [6.45, 7) is 15.2. The summed E-state index contributed by atoms with van der Waals surface area (Å²) in [6.07, 6.45) is 5.22. The summed E-state index contributed by atoms with van der Waals surface area (Å²) in [5.74, 6) is -1.09. The maximum Gasteiger partial charge on any atom is 0.410 e. The highest BCUT2D eigenvalue weighted by Crippen LogP contribution is 2.44. The molecule has 4 fully saturated rings. The van der Waals surface area contributed by atoms with Crippen LogP contribution in [0.2, 0.25) is 5.04 Å². The van der Waals surface area contributed by atoms with Gasteiger partial charge in [-0.2, -0.15) is 9.97 Å². The number of aromatic nitrogens is 2. The van der Waals surface area contributed by atoms with E-state index >= 15 is 8.78 Å². The Morgan fingerprint density at radius 3 is 2.16 bits per heavy atom. The fourth-order valence-electron chi connectivity index (χ4n) is 10.2. The highest BCUT2D eigenvalue weighted by Gasteiger charge is 2.55. The maximum atomic E-state index is 16.4. The molecule has 0 spiro atoms. The number of rotatable bonds is 9. The first-order chi connectivity index (χ1) is 27.1. The van der Waals surface area contributed by atoms with Crippen LogP contribution in [-0.2, 0) is 9.16 Å². The highest BCUT2D eigenvalue weighted by molar-refractivity contribution is 9.10. The lowest BCUT2D eigenvalue weighted by Gasteiger charge is -2.50. The van der Waals surface area contributed by atoms with Gasteiger partial charge in [-0.3, -0.25) is 9.80 Å². The molecule has 5 heterocycles. The van der Waals surface area contributed by atoms with Gasteiger partial charge in [0.25, 0.3) is 8.32 Å². The smallest absolute Gasteiger partial charge is 0.410 e. The molecule has 0 aliphatic carbocycles. The first-order valence-electron chi connectivity index (χ1n) is 20.4. The minimum atomic E-state index is -3.08. The van der Waals surface area contributed by atoms with E-state index in [0.29, 0.717) is 26.0 Å². The number of hydrogen-bond acceptors (Lipinski definition) is 8. The third-order valence-electron chi connectivity index (χ3n) is 12.6. The molecule has 13 heteroatoms. The predicted molar refractivity (Wildman–Crippen MR) is 225 cm³/mol. The van der Waals surface area contributed by atoms with Crippen molar-refractivity contribution in [3.05, 3.63) is 82.8 Å². The van der Waals surface area contributed by atoms with Crippen LogP contribution < -0.4 is 20.0 Å². The largest absolute Gasteiger partial charge is 0.461 e. The molecule has 4 aliphatic rings. The van der Waals surface area contributed by atoms with Gasteiger partial charge in [-0.25, -0.2) is 13.6 Å². The van der Waals surface area contributed by atoms with E-state index in [1.807, 2.05) is 67.0 Å². The summed E-state index contributed by atoms with van der Waals surface area (Å²) in [7, 11) is -3.08. The Balaban J connectivity index is 1.26. The zero-order valence-electron chi connectivity index (χ0n) is 33.9. The van der Waals surface area contributed by atoms with Crippen LogP contribution in [0, 0.1) is 11.6 Å². The Labute approximate surface area is 344 Å². The second-order valence-electron chi connectivity index (χ2n) is 18.3. The van der Waals surface area contributed by atoms with E-state index in [1.165, 1.54) is 0 Å². The van der Waals surface area contributed by atoms with Crippen LogP contribution in [0.4, 0.5) is 19.4 Å². The van der Waals surface area contributed by atoms with Gasteiger partial charge in [-0.1, -0.05) is 81.4 Å². The van der Waals surface area contributed by atoms with Gasteiger partial charge in [0.15, 0.2) is 5.82 Å². The zero-order valence-corrected chi connectivity index (χ0v) is 36.5. The van der Waals surface area contributed by atoms with Crippen molar-refractivity contribution in [1.29, 1.82) is 0 Å². The Morgan fingerprint density at radius 2 is 1.56 bits per heavy atom. The molecule has 304 valence electrons. The lowest BCUT2D eigenvalue weighted by atomic mass is 9.95. The van der Waals surface area contributed by atoms with Gasteiger partial charge in [0, 0.05) is 6.54 Å². The van der Waals surface area contributed by atoms with E-state index in [1.54, 1.807) is 0 Å². The van der Waals surface area contributed by atoms with E-state index in [-0.39, 0.29) is 62.6 Å². The predicted octanol–water partition coefficient (Wildman–Crippen LogP) is 8.21. The standard InChI is InChI=1S/C44H54BrF2N5O4Si/c1-42(2,3)56-41(53)52-29-19-20-34(52)35(27-55-57(43(4,5)6,30-15-9-7-10-16-30)31-17-11-8-12-18-31)51(26-29)39-36-33(46)25-32(45)37(47)38(36)48-40(49-39)54-28-44-21-13-23-50(44)24-14-22-44/h7-12,15-18,25,29,34-35H,13-14,19-24,26-28H2,1-6H3/t29-,34+,35?/m0/s1. The fraction of sp³-hybridized carbons (Fsp3) is 0.523. The van der Waals surface area contributed by atoms with Crippen molar-refractivity contribution in [2.45, 2.75) is 114 Å². The number of benzene rings is 3. The van der Waals surface area contributed by atoms with Crippen LogP contribution in [-0.4, -0.2) is 96.3 Å². The molecule has 4 aliphatic heterocycles. The topological polar surface area (TPSA) is 80.3 Å². The first kappa shape index (κ1) is 40.1. The van der Waals surface area contributed by atoms with Crippen LogP contribution >= 0.6 is 15.9 Å². The number of nitrogens with zero attached hydrogens (tertiary/aromatic N) is 5. The van der Waals surface area contributed by atoms with E-state index in [4.69, 9.17) is 18.9 Å². The lowest BCUT2D eigenvalue weighted by Crippen LogP contribution is -2.69. The first-order valence-corrected chi connectivity index (χ1v) is 23.1. The van der Waals surface area contributed by atoms with Gasteiger partial charge in [-0.05, 0) is 110 Å². The average Bonchev–Trinajstić information content (AvgIpc) is 3.85. The van der Waals surface area contributed by atoms with Gasteiger partial charge < -0.3 is 18.8 Å². The van der Waals surface area contributed by atoms with E-state index < -0.39 is 31.6 Å². The third-order valence-corrected chi connectivity index (χ3v) is 18.2. The Bertz CT molecular complexity index is 2070. The van der Waals surface area contributed by atoms with Crippen LogP contribution in [0.3, 0.4) is 0 Å². The normalized spacial score (nSPS) is 22.3. The zero-order chi connectivity index (χ0) is 40.3. The summed E-state index contributed by atoms with van der Waals surface area (Å²) < 4.78 is 52.6. The van der Waals surface area contributed by atoms with Crippen molar-refractivity contribution >= 4 is 57.4 Å². The number of carbonyl (C=O) groups excluding carboxylic acids is 1. The highest BCUT2D eigenvalue weighted by atomic mass is 79.9. The maximum absolute atomic E-state index is 16.4. The second-order valence-corrected chi connectivity index (χ2v) is 23.5. The molecule has 2 bridgehead atoms. The number of carbonyl (C=O) groups is 1. The van der Waals surface area contributed by atoms with Crippen molar-refractivity contribution in [2.24, 2.45) is 0 Å². The number of fused-ring (bicyclic) bond motifs is 4. The summed E-state index contributed by atoms with van der Waals surface area (Å²) in [4.78, 5) is 30.0. The molecule has 0 radical (unpaired) electrons. The van der Waals surface area contributed by atoms with Crippen molar-refractivity contribution in [3.63, 3.8) is 0 Å². The van der Waals surface area contributed by atoms with Gasteiger partial charge in [0.2, 0.25) is 0 Å². The monoisotopic (exact) mass is 861 g/mol. The van der Waals surface area contributed by atoms with E-state index in [2.05, 4.69) is 70.9 Å². The summed E-state index contributed by atoms with van der Waals surface area (Å²) in [6, 6.07) is 20.8. The third kappa shape index (κ3) is 7.24. The summed E-state index contributed by atoms with van der Waals surface area (Å²) in [5, 5.41) is 1.89. The minimum Gasteiger partial charge on any atom is -0.461 e. The lowest BCUT2D eigenvalue weighted by molar-refractivity contribution is 0.00497. The van der Waals surface area contributed by atoms with Crippen LogP contribution in [0.25, 0.3) is 10.9 Å². The van der Waals surface area contributed by atoms with E-state index in [9.17, 15) is 4.79 Å². The van der Waals surface area contributed by atoms with Crippen LogP contribution in [0.15, 0.2) is 71.2 Å². The van der Waals surface area contributed by atoms with Crippen LogP contribution in [0.5, 0.6) is 6.01 Å². The van der Waals surface area contributed by atoms with Gasteiger partial charge in [-0.15, -0.1) is 0 Å². The van der Waals surface area contributed by atoms with Crippen molar-refractivity contribution in [2.75, 3.05) is 37.7 Å². The molecular weight excluding hydrogens is 809 g/mol. The molecule has 8 rings (SSSR count). The Morgan fingerprint density at radius 1 is 0.930 bits per heavy atom. The molecule has 9 nitrogen and oxygen atoms in total.